The van der Waals surface area contributed by atoms with Gasteiger partial charge in [0.2, 0.25) is 0 Å². The summed E-state index contributed by atoms with van der Waals surface area (Å²) in [6.07, 6.45) is -2.52. The van der Waals surface area contributed by atoms with Crippen LogP contribution in [0.2, 0.25) is 0 Å². The smallest absolute Gasteiger partial charge is 0.348 e. The zero-order valence-corrected chi connectivity index (χ0v) is 11.5. The van der Waals surface area contributed by atoms with Crippen molar-refractivity contribution in [1.82, 2.24) is 4.98 Å². The molecule has 1 aromatic carbocycles. The molecule has 0 aliphatic carbocycles. The van der Waals surface area contributed by atoms with E-state index in [9.17, 15) is 13.2 Å². The predicted octanol–water partition coefficient (Wildman–Crippen LogP) is 3.24. The molecule has 2 heterocycles. The number of halogens is 3. The van der Waals surface area contributed by atoms with Crippen LogP contribution in [0.15, 0.2) is 18.2 Å². The lowest BCUT2D eigenvalue weighted by Gasteiger charge is -2.29. The summed E-state index contributed by atoms with van der Waals surface area (Å²) in [6, 6.07) is 3.91. The molecule has 1 aliphatic heterocycles. The molecule has 0 radical (unpaired) electrons. The molecule has 1 fully saturated rings. The van der Waals surface area contributed by atoms with E-state index in [2.05, 4.69) is 9.88 Å². The van der Waals surface area contributed by atoms with E-state index < -0.39 is 11.7 Å². The first-order valence-corrected chi connectivity index (χ1v) is 7.23. The van der Waals surface area contributed by atoms with Gasteiger partial charge in [-0.1, -0.05) is 11.3 Å². The van der Waals surface area contributed by atoms with Gasteiger partial charge in [-0.2, -0.15) is 13.2 Å². The highest BCUT2D eigenvalue weighted by molar-refractivity contribution is 7.22. The Morgan fingerprint density at radius 3 is 2.60 bits per heavy atom. The van der Waals surface area contributed by atoms with Gasteiger partial charge in [0.05, 0.1) is 15.8 Å². The molecule has 0 unspecified atom stereocenters. The summed E-state index contributed by atoms with van der Waals surface area (Å²) in [7, 11) is 0. The minimum absolute atomic E-state index is 0.220. The van der Waals surface area contributed by atoms with Crippen molar-refractivity contribution in [2.45, 2.75) is 25.1 Å². The average molecular weight is 301 g/mol. The lowest BCUT2D eigenvalue weighted by molar-refractivity contribution is -0.137. The third kappa shape index (κ3) is 2.60. The number of nitrogens with two attached hydrogens (primary N) is 1. The van der Waals surface area contributed by atoms with Gasteiger partial charge < -0.3 is 10.6 Å². The molecule has 1 saturated heterocycles. The van der Waals surface area contributed by atoms with E-state index in [1.807, 2.05) is 0 Å². The van der Waals surface area contributed by atoms with Crippen molar-refractivity contribution in [3.8, 4) is 0 Å². The quantitative estimate of drug-likeness (QED) is 0.879. The molecular formula is C13H14F3N3S. The number of piperidine rings is 1. The van der Waals surface area contributed by atoms with Gasteiger partial charge in [-0.3, -0.25) is 0 Å². The SMILES string of the molecule is NC1CCN(c2nc3ccc(C(F)(F)F)cc3s2)CC1. The Morgan fingerprint density at radius 2 is 1.95 bits per heavy atom. The van der Waals surface area contributed by atoms with Crippen LogP contribution >= 0.6 is 11.3 Å². The van der Waals surface area contributed by atoms with E-state index in [0.29, 0.717) is 10.2 Å². The highest BCUT2D eigenvalue weighted by atomic mass is 32.1. The molecule has 20 heavy (non-hydrogen) atoms. The zero-order chi connectivity index (χ0) is 14.3. The van der Waals surface area contributed by atoms with Gasteiger partial charge in [0, 0.05) is 19.1 Å². The van der Waals surface area contributed by atoms with E-state index in [1.165, 1.54) is 23.5 Å². The van der Waals surface area contributed by atoms with Crippen molar-refractivity contribution < 1.29 is 13.2 Å². The summed E-state index contributed by atoms with van der Waals surface area (Å²) in [6.45, 7) is 1.63. The van der Waals surface area contributed by atoms with E-state index in [0.717, 1.165) is 37.1 Å². The van der Waals surface area contributed by atoms with Crippen LogP contribution in [-0.2, 0) is 6.18 Å². The number of alkyl halides is 3. The highest BCUT2D eigenvalue weighted by Gasteiger charge is 2.31. The summed E-state index contributed by atoms with van der Waals surface area (Å²) in [5.74, 6) is 0. The maximum Gasteiger partial charge on any atom is 0.416 e. The van der Waals surface area contributed by atoms with E-state index >= 15 is 0 Å². The molecule has 3 rings (SSSR count). The fourth-order valence-corrected chi connectivity index (χ4v) is 3.37. The van der Waals surface area contributed by atoms with Crippen LogP contribution in [0, 0.1) is 0 Å². The molecule has 0 atom stereocenters. The molecule has 108 valence electrons. The predicted molar refractivity (Wildman–Crippen MR) is 74.0 cm³/mol. The number of benzene rings is 1. The number of thiazole rings is 1. The van der Waals surface area contributed by atoms with Gasteiger partial charge >= 0.3 is 6.18 Å². The maximum absolute atomic E-state index is 12.7. The number of aromatic nitrogens is 1. The first-order chi connectivity index (χ1) is 9.43. The number of hydrogen-bond acceptors (Lipinski definition) is 4. The monoisotopic (exact) mass is 301 g/mol. The summed E-state index contributed by atoms with van der Waals surface area (Å²) < 4.78 is 38.6. The first-order valence-electron chi connectivity index (χ1n) is 6.42. The fourth-order valence-electron chi connectivity index (χ4n) is 2.31. The highest BCUT2D eigenvalue weighted by Crippen LogP contribution is 2.35. The van der Waals surface area contributed by atoms with Crippen molar-refractivity contribution in [1.29, 1.82) is 0 Å². The Hall–Kier alpha value is -1.34. The maximum atomic E-state index is 12.7. The standard InChI is InChI=1S/C13H14F3N3S/c14-13(15,16)8-1-2-10-11(7-8)20-12(18-10)19-5-3-9(17)4-6-19/h1-2,7,9H,3-6,17H2. The lowest BCUT2D eigenvalue weighted by atomic mass is 10.1. The molecule has 0 amide bonds. The van der Waals surface area contributed by atoms with E-state index in [4.69, 9.17) is 5.73 Å². The Kier molecular flexibility index (Phi) is 3.33. The number of fused-ring (bicyclic) bond motifs is 1. The normalized spacial score (nSPS) is 17.9. The Morgan fingerprint density at radius 1 is 1.25 bits per heavy atom. The molecule has 1 aliphatic rings. The summed E-state index contributed by atoms with van der Waals surface area (Å²) in [4.78, 5) is 6.52. The van der Waals surface area contributed by atoms with Crippen LogP contribution in [0.25, 0.3) is 10.2 Å². The van der Waals surface area contributed by atoms with Crippen LogP contribution in [0.4, 0.5) is 18.3 Å². The molecular weight excluding hydrogens is 287 g/mol. The molecule has 3 nitrogen and oxygen atoms in total. The van der Waals surface area contributed by atoms with Crippen LogP contribution in [0.1, 0.15) is 18.4 Å². The van der Waals surface area contributed by atoms with Gasteiger partial charge in [-0.05, 0) is 31.0 Å². The van der Waals surface area contributed by atoms with E-state index in [1.54, 1.807) is 0 Å². The fraction of sp³-hybridized carbons (Fsp3) is 0.462. The van der Waals surface area contributed by atoms with Crippen LogP contribution in [-0.4, -0.2) is 24.1 Å². The minimum atomic E-state index is -4.31. The number of rotatable bonds is 1. The van der Waals surface area contributed by atoms with Gasteiger partial charge in [0.25, 0.3) is 0 Å². The van der Waals surface area contributed by atoms with Crippen molar-refractivity contribution >= 4 is 26.7 Å². The second-order valence-corrected chi connectivity index (χ2v) is 6.01. The summed E-state index contributed by atoms with van der Waals surface area (Å²) in [5, 5.41) is 0.784. The number of nitrogens with zero attached hydrogens (tertiary/aromatic N) is 2. The number of anilines is 1. The van der Waals surface area contributed by atoms with Gasteiger partial charge in [-0.25, -0.2) is 4.98 Å². The second kappa shape index (κ2) is 4.89. The van der Waals surface area contributed by atoms with Crippen molar-refractivity contribution in [2.24, 2.45) is 5.73 Å². The van der Waals surface area contributed by atoms with Crippen molar-refractivity contribution in [3.05, 3.63) is 23.8 Å². The van der Waals surface area contributed by atoms with Crippen LogP contribution in [0.5, 0.6) is 0 Å². The summed E-state index contributed by atoms with van der Waals surface area (Å²) in [5.41, 5.74) is 5.84. The average Bonchev–Trinajstić information content (AvgIpc) is 2.81. The van der Waals surface area contributed by atoms with Gasteiger partial charge in [0.1, 0.15) is 0 Å². The van der Waals surface area contributed by atoms with Crippen molar-refractivity contribution in [2.75, 3.05) is 18.0 Å². The second-order valence-electron chi connectivity index (χ2n) is 5.00. The van der Waals surface area contributed by atoms with E-state index in [-0.39, 0.29) is 6.04 Å². The minimum Gasteiger partial charge on any atom is -0.348 e. The Labute approximate surface area is 118 Å². The third-order valence-corrected chi connectivity index (χ3v) is 4.59. The topological polar surface area (TPSA) is 42.1 Å². The third-order valence-electron chi connectivity index (χ3n) is 3.51. The zero-order valence-electron chi connectivity index (χ0n) is 10.7. The van der Waals surface area contributed by atoms with Gasteiger partial charge in [0.15, 0.2) is 5.13 Å². The lowest BCUT2D eigenvalue weighted by Crippen LogP contribution is -2.39. The summed E-state index contributed by atoms with van der Waals surface area (Å²) >= 11 is 1.31. The molecule has 0 bridgehead atoms. The largest absolute Gasteiger partial charge is 0.416 e. The first kappa shape index (κ1) is 13.6. The van der Waals surface area contributed by atoms with Crippen LogP contribution in [0.3, 0.4) is 0 Å². The van der Waals surface area contributed by atoms with Crippen LogP contribution < -0.4 is 10.6 Å². The number of hydrogen-bond donors (Lipinski definition) is 1. The molecule has 7 heteroatoms. The van der Waals surface area contributed by atoms with Crippen molar-refractivity contribution in [3.63, 3.8) is 0 Å². The Bertz CT molecular complexity index is 615. The molecule has 2 aromatic rings. The molecule has 0 saturated carbocycles. The molecule has 1 aromatic heterocycles. The molecule has 2 N–H and O–H groups in total. The Balaban J connectivity index is 1.91. The van der Waals surface area contributed by atoms with Gasteiger partial charge in [-0.15, -0.1) is 0 Å². The molecule has 0 spiro atoms.